The van der Waals surface area contributed by atoms with Crippen LogP contribution >= 0.6 is 0 Å². The van der Waals surface area contributed by atoms with Gasteiger partial charge >= 0.3 is 0 Å². The summed E-state index contributed by atoms with van der Waals surface area (Å²) in [4.78, 5) is 30.0. The molecule has 0 fully saturated rings. The maximum atomic E-state index is 12.8. The third-order valence-electron chi connectivity index (χ3n) is 6.49. The van der Waals surface area contributed by atoms with Crippen molar-refractivity contribution in [3.05, 3.63) is 165 Å². The van der Waals surface area contributed by atoms with E-state index in [0.29, 0.717) is 29.8 Å². The second kappa shape index (κ2) is 19.1. The molecule has 222 valence electrons. The molecule has 0 aliphatic rings. The van der Waals surface area contributed by atoms with E-state index in [4.69, 9.17) is 0 Å². The molecule has 0 amide bonds. The minimum absolute atomic E-state index is 0.0103. The number of benzene rings is 3. The van der Waals surface area contributed by atoms with E-state index in [2.05, 4.69) is 49.3 Å². The summed E-state index contributed by atoms with van der Waals surface area (Å²) in [7, 11) is 0. The highest BCUT2D eigenvalue weighted by atomic mass is 16.1. The van der Waals surface area contributed by atoms with Gasteiger partial charge in [-0.15, -0.1) is 39.5 Å². The monoisotopic (exact) mass is 573 g/mol. The SMILES string of the molecule is C=CCN(CC=C)c1ccc(C(=O)c2ccc(N(CC=C)CC=C)cc2)cc1.C=CCN(CC=C)c1ccccc1C=O. The third kappa shape index (κ3) is 10.3. The van der Waals surface area contributed by atoms with Crippen LogP contribution in [0.4, 0.5) is 17.1 Å². The fourth-order valence-corrected chi connectivity index (χ4v) is 4.47. The van der Waals surface area contributed by atoms with Gasteiger partial charge in [0.25, 0.3) is 0 Å². The van der Waals surface area contributed by atoms with Gasteiger partial charge in [-0.2, -0.15) is 0 Å². The molecule has 0 aromatic heterocycles. The lowest BCUT2D eigenvalue weighted by molar-refractivity contribution is 0.103. The lowest BCUT2D eigenvalue weighted by Gasteiger charge is -2.22. The van der Waals surface area contributed by atoms with Crippen molar-refractivity contribution in [1.29, 1.82) is 0 Å². The summed E-state index contributed by atoms with van der Waals surface area (Å²) in [6.45, 7) is 26.9. The number of ketones is 1. The number of carbonyl (C=O) groups excluding carboxylic acids is 2. The second-order valence-electron chi connectivity index (χ2n) is 9.55. The molecule has 0 aliphatic carbocycles. The zero-order valence-electron chi connectivity index (χ0n) is 25.1. The highest BCUT2D eigenvalue weighted by Crippen LogP contribution is 2.21. The van der Waals surface area contributed by atoms with Gasteiger partial charge in [0.2, 0.25) is 0 Å². The summed E-state index contributed by atoms with van der Waals surface area (Å²) >= 11 is 0. The quantitative estimate of drug-likeness (QED) is 0.0878. The molecule has 0 unspecified atom stereocenters. The predicted octanol–water partition coefficient (Wildman–Crippen LogP) is 7.95. The van der Waals surface area contributed by atoms with Crippen molar-refractivity contribution < 1.29 is 9.59 Å². The molecule has 3 aromatic rings. The largest absolute Gasteiger partial charge is 0.364 e. The Morgan fingerprint density at radius 1 is 0.512 bits per heavy atom. The van der Waals surface area contributed by atoms with E-state index in [9.17, 15) is 9.59 Å². The molecule has 5 heteroatoms. The van der Waals surface area contributed by atoms with Gasteiger partial charge in [0.15, 0.2) is 12.1 Å². The fourth-order valence-electron chi connectivity index (χ4n) is 4.47. The molecular formula is C38H43N3O2. The number of hydrogen-bond acceptors (Lipinski definition) is 5. The predicted molar refractivity (Wildman–Crippen MR) is 186 cm³/mol. The number of hydrogen-bond donors (Lipinski definition) is 0. The summed E-state index contributed by atoms with van der Waals surface area (Å²) < 4.78 is 0. The number of anilines is 3. The average Bonchev–Trinajstić information content (AvgIpc) is 3.04. The van der Waals surface area contributed by atoms with Gasteiger partial charge in [-0.3, -0.25) is 9.59 Å². The van der Waals surface area contributed by atoms with Crippen LogP contribution < -0.4 is 14.7 Å². The first kappa shape index (κ1) is 34.0. The first-order chi connectivity index (χ1) is 21.0. The Morgan fingerprint density at radius 2 is 0.860 bits per heavy atom. The second-order valence-corrected chi connectivity index (χ2v) is 9.55. The number of rotatable bonds is 18. The molecular weight excluding hydrogens is 530 g/mol. The van der Waals surface area contributed by atoms with E-state index in [0.717, 1.165) is 49.5 Å². The molecule has 0 heterocycles. The van der Waals surface area contributed by atoms with E-state index < -0.39 is 0 Å². The highest BCUT2D eigenvalue weighted by molar-refractivity contribution is 6.09. The van der Waals surface area contributed by atoms with Crippen molar-refractivity contribution in [1.82, 2.24) is 0 Å². The van der Waals surface area contributed by atoms with Crippen LogP contribution in [0.2, 0.25) is 0 Å². The topological polar surface area (TPSA) is 43.9 Å². The van der Waals surface area contributed by atoms with Crippen LogP contribution in [0, 0.1) is 0 Å². The van der Waals surface area contributed by atoms with E-state index >= 15 is 0 Å². The Hall–Kier alpha value is -5.16. The Morgan fingerprint density at radius 3 is 1.21 bits per heavy atom. The molecule has 0 saturated heterocycles. The minimum Gasteiger partial charge on any atom is -0.364 e. The molecule has 0 atom stereocenters. The van der Waals surface area contributed by atoms with Crippen molar-refractivity contribution in [2.75, 3.05) is 54.0 Å². The standard InChI is InChI=1S/C25H28N2O.C13H15NO/c1-5-17-26(18-6-2)23-13-9-21(10-14-23)25(28)22-11-15-24(16-12-22)27(19-7-3)20-8-4;1-3-9-14(10-4-2)13-8-6-5-7-12(13)11-15/h5-16H,1-4,17-20H2;3-8,11H,1-2,9-10H2. The van der Waals surface area contributed by atoms with Crippen molar-refractivity contribution in [3.8, 4) is 0 Å². The van der Waals surface area contributed by atoms with Crippen molar-refractivity contribution >= 4 is 29.1 Å². The van der Waals surface area contributed by atoms with E-state index in [-0.39, 0.29) is 5.78 Å². The lowest BCUT2D eigenvalue weighted by atomic mass is 10.0. The molecule has 0 saturated carbocycles. The molecule has 0 N–H and O–H groups in total. The van der Waals surface area contributed by atoms with Gasteiger partial charge in [-0.05, 0) is 60.7 Å². The number of carbonyl (C=O) groups is 2. The van der Waals surface area contributed by atoms with Crippen LogP contribution in [0.5, 0.6) is 0 Å². The Kier molecular flexibility index (Phi) is 15.1. The van der Waals surface area contributed by atoms with E-state index in [1.165, 1.54) is 0 Å². The molecule has 3 aromatic carbocycles. The van der Waals surface area contributed by atoms with Crippen molar-refractivity contribution in [2.45, 2.75) is 0 Å². The summed E-state index contributed by atoms with van der Waals surface area (Å²) in [5.74, 6) is 0.0103. The molecule has 0 radical (unpaired) electrons. The number of nitrogens with zero attached hydrogens (tertiary/aromatic N) is 3. The summed E-state index contributed by atoms with van der Waals surface area (Å²) in [5, 5.41) is 0. The molecule has 0 spiro atoms. The Labute approximate surface area is 257 Å². The van der Waals surface area contributed by atoms with Crippen LogP contribution in [-0.2, 0) is 0 Å². The van der Waals surface area contributed by atoms with Gasteiger partial charge in [-0.1, -0.05) is 48.6 Å². The zero-order valence-corrected chi connectivity index (χ0v) is 25.1. The van der Waals surface area contributed by atoms with Crippen LogP contribution in [0.15, 0.2) is 149 Å². The fraction of sp³-hybridized carbons (Fsp3) is 0.158. The average molecular weight is 574 g/mol. The maximum Gasteiger partial charge on any atom is 0.193 e. The summed E-state index contributed by atoms with van der Waals surface area (Å²) in [5.41, 5.74) is 5.03. The first-order valence-corrected chi connectivity index (χ1v) is 14.2. The van der Waals surface area contributed by atoms with E-state index in [1.807, 2.05) is 114 Å². The third-order valence-corrected chi connectivity index (χ3v) is 6.49. The van der Waals surface area contributed by atoms with Crippen LogP contribution in [0.25, 0.3) is 0 Å². The molecule has 0 bridgehead atoms. The summed E-state index contributed by atoms with van der Waals surface area (Å²) in [6.07, 6.45) is 11.9. The first-order valence-electron chi connectivity index (χ1n) is 14.2. The zero-order chi connectivity index (χ0) is 31.5. The number of aldehydes is 1. The molecule has 0 aliphatic heterocycles. The Bertz CT molecular complexity index is 1270. The van der Waals surface area contributed by atoms with Gasteiger partial charge in [-0.25, -0.2) is 0 Å². The van der Waals surface area contributed by atoms with Crippen LogP contribution in [0.1, 0.15) is 26.3 Å². The van der Waals surface area contributed by atoms with Crippen LogP contribution in [-0.4, -0.2) is 51.3 Å². The van der Waals surface area contributed by atoms with Crippen molar-refractivity contribution in [2.24, 2.45) is 0 Å². The number of para-hydroxylation sites is 1. The molecule has 43 heavy (non-hydrogen) atoms. The van der Waals surface area contributed by atoms with Gasteiger partial charge in [0, 0.05) is 73.0 Å². The normalized spacial score (nSPS) is 9.77. The van der Waals surface area contributed by atoms with Gasteiger partial charge in [0.1, 0.15) is 0 Å². The maximum absolute atomic E-state index is 12.8. The molecule has 3 rings (SSSR count). The minimum atomic E-state index is 0.0103. The Balaban J connectivity index is 0.000000362. The summed E-state index contributed by atoms with van der Waals surface area (Å²) in [6, 6.07) is 22.8. The van der Waals surface area contributed by atoms with Gasteiger partial charge in [0.05, 0.1) is 0 Å². The highest BCUT2D eigenvalue weighted by Gasteiger charge is 2.12. The van der Waals surface area contributed by atoms with E-state index in [1.54, 1.807) is 0 Å². The van der Waals surface area contributed by atoms with Crippen LogP contribution in [0.3, 0.4) is 0 Å². The van der Waals surface area contributed by atoms with Gasteiger partial charge < -0.3 is 14.7 Å². The van der Waals surface area contributed by atoms with Crippen molar-refractivity contribution in [3.63, 3.8) is 0 Å². The molecule has 5 nitrogen and oxygen atoms in total. The smallest absolute Gasteiger partial charge is 0.193 e. The lowest BCUT2D eigenvalue weighted by Crippen LogP contribution is -2.24.